The molecule has 14 rings (SSSR count). The van der Waals surface area contributed by atoms with Crippen LogP contribution >= 0.6 is 24.4 Å². The smallest absolute Gasteiger partial charge is 0.753 e. The Balaban J connectivity index is 0.000000361. The van der Waals surface area contributed by atoms with E-state index in [4.69, 9.17) is 34.7 Å². The SMILES string of the molecule is Fc1c(F)c(F)c(-c2ccc3c(c2)c2cc(-c4cc5c6cc(-c7c(F)c(F)c(F)c(F)c7F)ccc6n(-c6ccc(-c7ccccc7)o6)c5cn4)ncc2n3-c2ccc(-c3ccccc3)o2)c(F)c1F.O=C(O)c1ccnc(-c2ccccn2)c1.[N-]=C=S.[N-]=C=S.[Ru+2]. The fourth-order valence-corrected chi connectivity index (χ4v) is 10.2. The number of aromatic carboxylic acids is 1. The van der Waals surface area contributed by atoms with Gasteiger partial charge in [-0.3, -0.25) is 29.1 Å². The topological polar surface area (TPSA) is 170 Å². The van der Waals surface area contributed by atoms with E-state index in [2.05, 4.69) is 34.4 Å². The molecule has 92 heavy (non-hydrogen) atoms. The second kappa shape index (κ2) is 27.0. The molecule has 12 nitrogen and oxygen atoms in total. The van der Waals surface area contributed by atoms with E-state index in [1.54, 1.807) is 63.9 Å². The summed E-state index contributed by atoms with van der Waals surface area (Å²) in [7, 11) is 0. The van der Waals surface area contributed by atoms with Gasteiger partial charge in [-0.25, -0.2) is 48.7 Å². The molecule has 0 radical (unpaired) electrons. The van der Waals surface area contributed by atoms with E-state index >= 15 is 17.6 Å². The first-order chi connectivity index (χ1) is 44.0. The Bertz CT molecular complexity index is 4920. The van der Waals surface area contributed by atoms with Crippen LogP contribution in [0.4, 0.5) is 43.9 Å². The number of aromatic nitrogens is 6. The maximum Gasteiger partial charge on any atom is 2.00 e. The molecule has 8 aromatic heterocycles. The Morgan fingerprint density at radius 1 is 0.402 bits per heavy atom. The molecule has 14 aromatic rings. The summed E-state index contributed by atoms with van der Waals surface area (Å²) in [5.41, 5.74) is 2.05. The number of furan rings is 2. The zero-order valence-electron chi connectivity index (χ0n) is 46.1. The van der Waals surface area contributed by atoms with Gasteiger partial charge in [0.05, 0.1) is 73.9 Å². The van der Waals surface area contributed by atoms with Gasteiger partial charge < -0.3 is 24.8 Å². The summed E-state index contributed by atoms with van der Waals surface area (Å²) < 4.78 is 164. The number of rotatable bonds is 9. The van der Waals surface area contributed by atoms with Gasteiger partial charge in [-0.2, -0.15) is 10.3 Å². The molecule has 0 aliphatic heterocycles. The number of thiocarbonyl (C=S) groups is 2. The number of carbonyl (C=O) groups is 1. The van der Waals surface area contributed by atoms with Crippen LogP contribution in [0.25, 0.3) is 134 Å². The van der Waals surface area contributed by atoms with E-state index in [1.165, 1.54) is 77.4 Å². The van der Waals surface area contributed by atoms with Crippen LogP contribution in [0.1, 0.15) is 10.4 Å². The van der Waals surface area contributed by atoms with Gasteiger partial charge in [-0.1, -0.05) is 103 Å². The Morgan fingerprint density at radius 3 is 1.16 bits per heavy atom. The molecule has 0 bridgehead atoms. The number of fused-ring (bicyclic) bond motifs is 6. The molecule has 0 fully saturated rings. The van der Waals surface area contributed by atoms with Gasteiger partial charge in [0.25, 0.3) is 0 Å². The number of nitrogens with zero attached hydrogens (tertiary/aromatic N) is 8. The van der Waals surface area contributed by atoms with Gasteiger partial charge >= 0.3 is 25.4 Å². The molecule has 25 heteroatoms. The predicted octanol–water partition coefficient (Wildman–Crippen LogP) is 18.7. The van der Waals surface area contributed by atoms with E-state index in [-0.39, 0.29) is 58.3 Å². The van der Waals surface area contributed by atoms with Crippen LogP contribution in [0.2, 0.25) is 0 Å². The number of hydrogen-bond donors (Lipinski definition) is 1. The van der Waals surface area contributed by atoms with Crippen LogP contribution < -0.4 is 0 Å². The zero-order valence-corrected chi connectivity index (χ0v) is 49.5. The van der Waals surface area contributed by atoms with Gasteiger partial charge in [0.2, 0.25) is 23.4 Å². The monoisotopic (exact) mass is 1370 g/mol. The molecule has 1 N–H and O–H groups in total. The molecular formula is C67H32F10N8O4RuS2. The summed E-state index contributed by atoms with van der Waals surface area (Å²) in [5, 5.41) is 27.1. The normalized spacial score (nSPS) is 10.8. The summed E-state index contributed by atoms with van der Waals surface area (Å²) in [5.74, 6) is -20.5. The van der Waals surface area contributed by atoms with Gasteiger partial charge in [0, 0.05) is 57.2 Å². The molecule has 0 aliphatic rings. The molecule has 0 spiro atoms. The quantitative estimate of drug-likeness (QED) is 0.0366. The van der Waals surface area contributed by atoms with Crippen LogP contribution in [0.3, 0.4) is 0 Å². The van der Waals surface area contributed by atoms with Crippen molar-refractivity contribution in [3.05, 3.63) is 263 Å². The zero-order chi connectivity index (χ0) is 64.4. The summed E-state index contributed by atoms with van der Waals surface area (Å²) in [4.78, 5) is 28.4. The number of benzene rings is 6. The minimum atomic E-state index is -2.30. The first-order valence-corrected chi connectivity index (χ1v) is 27.2. The fourth-order valence-electron chi connectivity index (χ4n) is 10.2. The van der Waals surface area contributed by atoms with Crippen molar-refractivity contribution in [3.8, 4) is 79.4 Å². The van der Waals surface area contributed by atoms with Gasteiger partial charge in [-0.05, 0) is 83.9 Å². The molecule has 0 aliphatic carbocycles. The molecule has 0 unspecified atom stereocenters. The van der Waals surface area contributed by atoms with Crippen molar-refractivity contribution in [2.24, 2.45) is 0 Å². The average molecular weight is 1370 g/mol. The fraction of sp³-hybridized carbons (Fsp3) is 0. The third-order valence-electron chi connectivity index (χ3n) is 14.2. The number of carboxylic acid groups (broad SMARTS) is 1. The van der Waals surface area contributed by atoms with Crippen molar-refractivity contribution in [1.82, 2.24) is 29.1 Å². The minimum Gasteiger partial charge on any atom is -0.753 e. The van der Waals surface area contributed by atoms with Crippen LogP contribution in [-0.2, 0) is 19.5 Å². The number of halogens is 10. The summed E-state index contributed by atoms with van der Waals surface area (Å²) >= 11 is 7.40. The van der Waals surface area contributed by atoms with Crippen molar-refractivity contribution in [2.75, 3.05) is 0 Å². The first kappa shape index (κ1) is 64.1. The summed E-state index contributed by atoms with van der Waals surface area (Å²) in [6.45, 7) is 0. The summed E-state index contributed by atoms with van der Waals surface area (Å²) in [6, 6.07) is 44.8. The van der Waals surface area contributed by atoms with Crippen molar-refractivity contribution in [3.63, 3.8) is 0 Å². The van der Waals surface area contributed by atoms with E-state index in [0.717, 1.165) is 11.1 Å². The molecule has 454 valence electrons. The van der Waals surface area contributed by atoms with E-state index in [0.29, 0.717) is 67.5 Å². The van der Waals surface area contributed by atoms with Crippen molar-refractivity contribution in [1.29, 1.82) is 0 Å². The minimum absolute atomic E-state index is 0. The predicted molar refractivity (Wildman–Crippen MR) is 328 cm³/mol. The maximum absolute atomic E-state index is 15.3. The van der Waals surface area contributed by atoms with Crippen LogP contribution in [0.5, 0.6) is 0 Å². The number of hydrogen-bond acceptors (Lipinski definition) is 9. The van der Waals surface area contributed by atoms with Crippen molar-refractivity contribution < 1.29 is 82.1 Å². The average Bonchev–Trinajstić information content (AvgIpc) is 1.57. The van der Waals surface area contributed by atoms with Gasteiger partial charge in [0.1, 0.15) is 11.5 Å². The van der Waals surface area contributed by atoms with E-state index in [9.17, 15) is 31.1 Å². The molecule has 8 heterocycles. The Kier molecular flexibility index (Phi) is 18.8. The third-order valence-corrected chi connectivity index (χ3v) is 14.2. The molecule has 0 amide bonds. The molecule has 0 atom stereocenters. The Morgan fingerprint density at radius 2 is 0.772 bits per heavy atom. The summed E-state index contributed by atoms with van der Waals surface area (Å²) in [6.07, 6.45) is 6.08. The number of carboxylic acids is 1. The number of pyridine rings is 4. The van der Waals surface area contributed by atoms with Crippen molar-refractivity contribution in [2.45, 2.75) is 0 Å². The van der Waals surface area contributed by atoms with E-state index < -0.39 is 75.3 Å². The standard InChI is InChI=1S/C54H24F10N4O2.C11H8N2O2.2CNS.Ru/c55-45-43(46(56)50(60)53(63)49(45)59)27-11-13-35-29(19-27)31-21-33(65-23-37(31)67(35)41-17-15-39(69-41)25-7-3-1-4-8-25)34-22-32-30-20-28(44-47(57)51(61)54(64)52(62)48(44)58)12-14-36(30)68(38(32)24-66-34)42-18-16-40(70-42)26-9-5-2-6-10-26;14-11(15)8-4-6-13-10(7-8)9-3-1-2-5-12-9;2*2-1-3;/h1-24H;1-7H,(H,14,15);;;/q;;2*-1;+2. The number of isothiocyanates is 2. The second-order valence-corrected chi connectivity index (χ2v) is 19.7. The van der Waals surface area contributed by atoms with Gasteiger partial charge in [0.15, 0.2) is 46.5 Å². The van der Waals surface area contributed by atoms with Crippen LogP contribution in [-0.4, -0.2) is 50.5 Å². The van der Waals surface area contributed by atoms with Crippen LogP contribution in [0.15, 0.2) is 197 Å². The first-order valence-electron chi connectivity index (χ1n) is 26.3. The van der Waals surface area contributed by atoms with Crippen molar-refractivity contribution >= 4 is 84.3 Å². The van der Waals surface area contributed by atoms with Gasteiger partial charge in [-0.15, -0.1) is 0 Å². The Hall–Kier alpha value is -10.9. The van der Waals surface area contributed by atoms with E-state index in [1.807, 2.05) is 66.7 Å². The Labute approximate surface area is 535 Å². The maximum atomic E-state index is 15.3. The molecule has 0 saturated carbocycles. The largest absolute Gasteiger partial charge is 2.00 e. The third kappa shape index (κ3) is 11.9. The molecule has 6 aromatic carbocycles. The second-order valence-electron chi connectivity index (χ2n) is 19.3. The molecular weight excluding hydrogens is 1340 g/mol. The van der Waals surface area contributed by atoms with Crippen LogP contribution in [0, 0.1) is 58.2 Å². The molecule has 0 saturated heterocycles.